The van der Waals surface area contributed by atoms with E-state index in [1.54, 1.807) is 0 Å². The fourth-order valence-electron chi connectivity index (χ4n) is 2.17. The van der Waals surface area contributed by atoms with Crippen molar-refractivity contribution < 1.29 is 4.42 Å². The van der Waals surface area contributed by atoms with Crippen molar-refractivity contribution in [2.45, 2.75) is 33.2 Å². The first-order valence-corrected chi connectivity index (χ1v) is 5.84. The van der Waals surface area contributed by atoms with E-state index in [0.29, 0.717) is 17.5 Å². The van der Waals surface area contributed by atoms with Crippen LogP contribution >= 0.6 is 11.6 Å². The van der Waals surface area contributed by atoms with Gasteiger partial charge in [0.2, 0.25) is 0 Å². The lowest BCUT2D eigenvalue weighted by atomic mass is 9.97. The van der Waals surface area contributed by atoms with Gasteiger partial charge in [0, 0.05) is 10.9 Å². The van der Waals surface area contributed by atoms with Crippen molar-refractivity contribution in [3.8, 4) is 0 Å². The molecule has 2 N–H and O–H groups in total. The van der Waals surface area contributed by atoms with E-state index < -0.39 is 0 Å². The summed E-state index contributed by atoms with van der Waals surface area (Å²) in [7, 11) is 0. The molecule has 0 atom stereocenters. The number of fused-ring (bicyclic) bond motifs is 1. The normalized spacial score (nSPS) is 11.6. The van der Waals surface area contributed by atoms with Crippen LogP contribution in [0.1, 0.15) is 36.7 Å². The number of halogens is 1. The van der Waals surface area contributed by atoms with Gasteiger partial charge < -0.3 is 10.2 Å². The van der Waals surface area contributed by atoms with Crippen molar-refractivity contribution in [1.29, 1.82) is 0 Å². The molecule has 1 aromatic heterocycles. The van der Waals surface area contributed by atoms with Crippen LogP contribution in [0.15, 0.2) is 16.5 Å². The minimum atomic E-state index is 0.386. The van der Waals surface area contributed by atoms with Gasteiger partial charge in [-0.25, -0.2) is 0 Å². The minimum absolute atomic E-state index is 0.386. The summed E-state index contributed by atoms with van der Waals surface area (Å²) in [5.41, 5.74) is 8.86. The average Bonchev–Trinajstić information content (AvgIpc) is 2.64. The van der Waals surface area contributed by atoms with E-state index in [4.69, 9.17) is 21.8 Å². The summed E-state index contributed by atoms with van der Waals surface area (Å²) >= 11 is 6.14. The van der Waals surface area contributed by atoms with Crippen LogP contribution in [-0.4, -0.2) is 0 Å². The zero-order valence-corrected chi connectivity index (χ0v) is 10.6. The van der Waals surface area contributed by atoms with E-state index in [1.807, 2.05) is 12.1 Å². The molecule has 2 aromatic rings. The Balaban J connectivity index is 2.89. The van der Waals surface area contributed by atoms with Crippen molar-refractivity contribution in [2.75, 3.05) is 0 Å². The van der Waals surface area contributed by atoms with E-state index in [9.17, 15) is 0 Å². The zero-order valence-electron chi connectivity index (χ0n) is 9.80. The second-order valence-corrected chi connectivity index (χ2v) is 4.77. The van der Waals surface area contributed by atoms with Gasteiger partial charge in [0.15, 0.2) is 5.58 Å². The lowest BCUT2D eigenvalue weighted by Gasteiger charge is -2.06. The first-order valence-electron chi connectivity index (χ1n) is 5.46. The smallest absolute Gasteiger partial charge is 0.153 e. The standard InChI is InChI=1S/C13H16ClNO/c1-7(2)11-10(6-15)16-13-9(14)5-4-8(3)12(11)13/h4-5,7H,6,15H2,1-3H3. The van der Waals surface area contributed by atoms with Gasteiger partial charge in [0.25, 0.3) is 0 Å². The second kappa shape index (κ2) is 4.11. The van der Waals surface area contributed by atoms with E-state index in [2.05, 4.69) is 20.8 Å². The van der Waals surface area contributed by atoms with Crippen LogP contribution in [0.3, 0.4) is 0 Å². The summed E-state index contributed by atoms with van der Waals surface area (Å²) in [4.78, 5) is 0. The van der Waals surface area contributed by atoms with Crippen LogP contribution < -0.4 is 5.73 Å². The molecule has 0 amide bonds. The predicted octanol–water partition coefficient (Wildman–Crippen LogP) is 3.98. The summed E-state index contributed by atoms with van der Waals surface area (Å²) < 4.78 is 5.76. The van der Waals surface area contributed by atoms with Crippen LogP contribution in [0, 0.1) is 6.92 Å². The number of aryl methyl sites for hydroxylation is 1. The van der Waals surface area contributed by atoms with Crippen LogP contribution in [-0.2, 0) is 6.54 Å². The van der Waals surface area contributed by atoms with Crippen molar-refractivity contribution in [3.63, 3.8) is 0 Å². The molecule has 0 aliphatic heterocycles. The van der Waals surface area contributed by atoms with Gasteiger partial charge in [-0.05, 0) is 24.5 Å². The highest BCUT2D eigenvalue weighted by Gasteiger charge is 2.19. The van der Waals surface area contributed by atoms with Crippen molar-refractivity contribution in [1.82, 2.24) is 0 Å². The van der Waals surface area contributed by atoms with E-state index >= 15 is 0 Å². The summed E-state index contributed by atoms with van der Waals surface area (Å²) in [6.45, 7) is 6.77. The molecule has 0 spiro atoms. The van der Waals surface area contributed by atoms with Crippen molar-refractivity contribution in [3.05, 3.63) is 34.0 Å². The monoisotopic (exact) mass is 237 g/mol. The SMILES string of the molecule is Cc1ccc(Cl)c2oc(CN)c(C(C)C)c12. The molecule has 1 aromatic carbocycles. The van der Waals surface area contributed by atoms with Crippen molar-refractivity contribution in [2.24, 2.45) is 5.73 Å². The second-order valence-electron chi connectivity index (χ2n) is 4.37. The first-order chi connectivity index (χ1) is 7.56. The Morgan fingerprint density at radius 1 is 1.38 bits per heavy atom. The Morgan fingerprint density at radius 2 is 2.06 bits per heavy atom. The molecule has 2 rings (SSSR count). The van der Waals surface area contributed by atoms with E-state index in [1.165, 1.54) is 11.1 Å². The quantitative estimate of drug-likeness (QED) is 0.858. The summed E-state index contributed by atoms with van der Waals surface area (Å²) in [6, 6.07) is 3.89. The highest BCUT2D eigenvalue weighted by atomic mass is 35.5. The molecule has 0 bridgehead atoms. The fraction of sp³-hybridized carbons (Fsp3) is 0.385. The molecule has 2 nitrogen and oxygen atoms in total. The molecule has 16 heavy (non-hydrogen) atoms. The predicted molar refractivity (Wildman–Crippen MR) is 67.9 cm³/mol. The topological polar surface area (TPSA) is 39.2 Å². The molecule has 3 heteroatoms. The average molecular weight is 238 g/mol. The highest BCUT2D eigenvalue weighted by Crippen LogP contribution is 2.37. The fourth-order valence-corrected chi connectivity index (χ4v) is 2.37. The largest absolute Gasteiger partial charge is 0.458 e. The Labute approximate surface area is 100 Å². The third kappa shape index (κ3) is 1.62. The Morgan fingerprint density at radius 3 is 2.62 bits per heavy atom. The zero-order chi connectivity index (χ0) is 11.9. The summed E-state index contributed by atoms with van der Waals surface area (Å²) in [5.74, 6) is 1.23. The lowest BCUT2D eigenvalue weighted by Crippen LogP contribution is -2.00. The van der Waals surface area contributed by atoms with Gasteiger partial charge in [0.1, 0.15) is 5.76 Å². The molecule has 0 aliphatic rings. The van der Waals surface area contributed by atoms with Gasteiger partial charge in [-0.2, -0.15) is 0 Å². The minimum Gasteiger partial charge on any atom is -0.458 e. The molecule has 0 aliphatic carbocycles. The summed E-state index contributed by atoms with van der Waals surface area (Å²) in [6.07, 6.45) is 0. The van der Waals surface area contributed by atoms with E-state index in [-0.39, 0.29) is 0 Å². The van der Waals surface area contributed by atoms with E-state index in [0.717, 1.165) is 16.7 Å². The lowest BCUT2D eigenvalue weighted by molar-refractivity contribution is 0.541. The maximum Gasteiger partial charge on any atom is 0.153 e. The van der Waals surface area contributed by atoms with Gasteiger partial charge in [-0.3, -0.25) is 0 Å². The third-order valence-electron chi connectivity index (χ3n) is 2.88. The van der Waals surface area contributed by atoms with Gasteiger partial charge in [0.05, 0.1) is 11.6 Å². The number of hydrogen-bond donors (Lipinski definition) is 1. The maximum atomic E-state index is 6.14. The maximum absolute atomic E-state index is 6.14. The molecule has 0 radical (unpaired) electrons. The third-order valence-corrected chi connectivity index (χ3v) is 3.17. The highest BCUT2D eigenvalue weighted by molar-refractivity contribution is 6.35. The molecular formula is C13H16ClNO. The Bertz CT molecular complexity index is 528. The molecule has 0 fully saturated rings. The molecule has 0 saturated heterocycles. The molecular weight excluding hydrogens is 222 g/mol. The van der Waals surface area contributed by atoms with Gasteiger partial charge >= 0.3 is 0 Å². The number of rotatable bonds is 2. The van der Waals surface area contributed by atoms with Crippen LogP contribution in [0.4, 0.5) is 0 Å². The van der Waals surface area contributed by atoms with Crippen molar-refractivity contribution >= 4 is 22.6 Å². The number of benzene rings is 1. The number of furan rings is 1. The van der Waals surface area contributed by atoms with Crippen LogP contribution in [0.5, 0.6) is 0 Å². The molecule has 86 valence electrons. The Kier molecular flexibility index (Phi) is 2.96. The van der Waals surface area contributed by atoms with Gasteiger partial charge in [-0.15, -0.1) is 0 Å². The summed E-state index contributed by atoms with van der Waals surface area (Å²) in [5, 5.41) is 1.78. The Hall–Kier alpha value is -0.990. The molecule has 0 saturated carbocycles. The van der Waals surface area contributed by atoms with Crippen LogP contribution in [0.25, 0.3) is 11.0 Å². The molecule has 1 heterocycles. The van der Waals surface area contributed by atoms with Gasteiger partial charge in [-0.1, -0.05) is 31.5 Å². The first kappa shape index (κ1) is 11.5. The van der Waals surface area contributed by atoms with Crippen LogP contribution in [0.2, 0.25) is 5.02 Å². The molecule has 0 unspecified atom stereocenters. The number of nitrogens with two attached hydrogens (primary N) is 1. The number of hydrogen-bond acceptors (Lipinski definition) is 2.